The summed E-state index contributed by atoms with van der Waals surface area (Å²) in [5, 5.41) is 3.00. The predicted octanol–water partition coefficient (Wildman–Crippen LogP) is 4.06. The molecule has 3 heteroatoms. The van der Waals surface area contributed by atoms with Crippen LogP contribution in [-0.2, 0) is 17.0 Å². The summed E-state index contributed by atoms with van der Waals surface area (Å²) >= 11 is 1.81. The molecule has 2 nitrogen and oxygen atoms in total. The topological polar surface area (TPSA) is 29.1 Å². The number of benzene rings is 2. The average Bonchev–Trinajstić information content (AvgIpc) is 2.57. The molecule has 0 saturated carbocycles. The molecule has 0 aliphatic carbocycles. The van der Waals surface area contributed by atoms with Crippen LogP contribution in [0.1, 0.15) is 24.0 Å². The molecule has 22 heavy (non-hydrogen) atoms. The second kappa shape index (κ2) is 10.1. The predicted molar refractivity (Wildman–Crippen MR) is 95.0 cm³/mol. The van der Waals surface area contributed by atoms with Crippen LogP contribution in [0.15, 0.2) is 60.7 Å². The van der Waals surface area contributed by atoms with Gasteiger partial charge in [-0.25, -0.2) is 0 Å². The molecule has 0 aliphatic rings. The first kappa shape index (κ1) is 16.6. The van der Waals surface area contributed by atoms with Crippen molar-refractivity contribution >= 4 is 17.7 Å². The van der Waals surface area contributed by atoms with Crippen LogP contribution < -0.4 is 5.32 Å². The molecule has 0 atom stereocenters. The Morgan fingerprint density at radius 1 is 0.909 bits per heavy atom. The van der Waals surface area contributed by atoms with Crippen molar-refractivity contribution in [2.75, 3.05) is 12.3 Å². The summed E-state index contributed by atoms with van der Waals surface area (Å²) in [6.07, 6.45) is 2.61. The second-order valence-electron chi connectivity index (χ2n) is 5.23. The van der Waals surface area contributed by atoms with Gasteiger partial charge in [0.25, 0.3) is 0 Å². The Labute approximate surface area is 137 Å². The van der Waals surface area contributed by atoms with Gasteiger partial charge < -0.3 is 5.32 Å². The fraction of sp³-hybridized carbons (Fsp3) is 0.316. The lowest BCUT2D eigenvalue weighted by Crippen LogP contribution is -2.25. The van der Waals surface area contributed by atoms with Crippen molar-refractivity contribution in [1.29, 1.82) is 0 Å². The first-order chi connectivity index (χ1) is 10.8. The normalized spacial score (nSPS) is 10.4. The third-order valence-electron chi connectivity index (χ3n) is 3.39. The van der Waals surface area contributed by atoms with E-state index in [-0.39, 0.29) is 5.91 Å². The summed E-state index contributed by atoms with van der Waals surface area (Å²) in [5.41, 5.74) is 2.64. The first-order valence-corrected chi connectivity index (χ1v) is 8.92. The maximum Gasteiger partial charge on any atom is 0.220 e. The zero-order chi connectivity index (χ0) is 15.5. The highest BCUT2D eigenvalue weighted by atomic mass is 32.2. The van der Waals surface area contributed by atoms with Gasteiger partial charge in [-0.15, -0.1) is 0 Å². The molecule has 0 unspecified atom stereocenters. The Morgan fingerprint density at radius 2 is 1.55 bits per heavy atom. The Hall–Kier alpha value is -1.74. The van der Waals surface area contributed by atoms with Crippen molar-refractivity contribution in [3.63, 3.8) is 0 Å². The molecule has 116 valence electrons. The number of nitrogens with one attached hydrogen (secondary N) is 1. The number of hydrogen-bond acceptors (Lipinski definition) is 2. The fourth-order valence-electron chi connectivity index (χ4n) is 2.18. The minimum Gasteiger partial charge on any atom is -0.356 e. The van der Waals surface area contributed by atoms with E-state index in [1.54, 1.807) is 0 Å². The molecule has 2 aromatic rings. The van der Waals surface area contributed by atoms with Crippen LogP contribution in [0.25, 0.3) is 0 Å². The maximum absolute atomic E-state index is 11.7. The number of thioether (sulfide) groups is 1. The fourth-order valence-corrected chi connectivity index (χ4v) is 3.08. The van der Waals surface area contributed by atoms with Crippen molar-refractivity contribution < 1.29 is 4.79 Å². The number of amides is 1. The first-order valence-electron chi connectivity index (χ1n) is 7.77. The molecular weight excluding hydrogens is 290 g/mol. The van der Waals surface area contributed by atoms with Gasteiger partial charge in [-0.1, -0.05) is 60.7 Å². The van der Waals surface area contributed by atoms with Gasteiger partial charge in [0.1, 0.15) is 0 Å². The van der Waals surface area contributed by atoms with Gasteiger partial charge in [0, 0.05) is 24.5 Å². The van der Waals surface area contributed by atoms with Crippen LogP contribution in [0, 0.1) is 0 Å². The van der Waals surface area contributed by atoms with Gasteiger partial charge in [0.05, 0.1) is 0 Å². The zero-order valence-electron chi connectivity index (χ0n) is 12.8. The summed E-state index contributed by atoms with van der Waals surface area (Å²) in [4.78, 5) is 11.7. The van der Waals surface area contributed by atoms with E-state index in [9.17, 15) is 4.79 Å². The van der Waals surface area contributed by atoms with E-state index in [0.29, 0.717) is 6.42 Å². The lowest BCUT2D eigenvalue weighted by atomic mass is 10.1. The standard InChI is InChI=1S/C19H23NOS/c21-19(13-15-22-16-18-10-5-2-6-11-18)20-14-7-12-17-8-3-1-4-9-17/h1-6,8-11H,7,12-16H2,(H,20,21). The molecule has 0 fully saturated rings. The quantitative estimate of drug-likeness (QED) is 0.707. The van der Waals surface area contributed by atoms with Crippen LogP contribution in [-0.4, -0.2) is 18.2 Å². The molecule has 0 aromatic heterocycles. The monoisotopic (exact) mass is 313 g/mol. The van der Waals surface area contributed by atoms with Crippen molar-refractivity contribution in [2.24, 2.45) is 0 Å². The van der Waals surface area contributed by atoms with E-state index in [1.165, 1.54) is 11.1 Å². The number of hydrogen-bond donors (Lipinski definition) is 1. The Kier molecular flexibility index (Phi) is 7.61. The van der Waals surface area contributed by atoms with Gasteiger partial charge in [-0.3, -0.25) is 4.79 Å². The van der Waals surface area contributed by atoms with Crippen molar-refractivity contribution in [1.82, 2.24) is 5.32 Å². The van der Waals surface area contributed by atoms with Crippen LogP contribution in [0.4, 0.5) is 0 Å². The highest BCUT2D eigenvalue weighted by Crippen LogP contribution is 2.12. The van der Waals surface area contributed by atoms with Crippen LogP contribution in [0.3, 0.4) is 0 Å². The summed E-state index contributed by atoms with van der Waals surface area (Å²) in [6, 6.07) is 20.8. The summed E-state index contributed by atoms with van der Waals surface area (Å²) in [6.45, 7) is 0.761. The molecule has 0 bridgehead atoms. The lowest BCUT2D eigenvalue weighted by molar-refractivity contribution is -0.120. The Morgan fingerprint density at radius 3 is 2.23 bits per heavy atom. The molecule has 1 amide bonds. The lowest BCUT2D eigenvalue weighted by Gasteiger charge is -2.05. The Balaban J connectivity index is 1.49. The third-order valence-corrected chi connectivity index (χ3v) is 4.42. The van der Waals surface area contributed by atoms with E-state index in [2.05, 4.69) is 53.8 Å². The molecule has 0 heterocycles. The maximum atomic E-state index is 11.7. The summed E-state index contributed by atoms with van der Waals surface area (Å²) < 4.78 is 0. The summed E-state index contributed by atoms with van der Waals surface area (Å²) in [5.74, 6) is 2.01. The molecule has 0 spiro atoms. The van der Waals surface area contributed by atoms with Gasteiger partial charge in [0.2, 0.25) is 5.91 Å². The third kappa shape index (κ3) is 6.81. The number of carbonyl (C=O) groups is 1. The molecule has 0 saturated heterocycles. The summed E-state index contributed by atoms with van der Waals surface area (Å²) in [7, 11) is 0. The minimum atomic E-state index is 0.161. The minimum absolute atomic E-state index is 0.161. The van der Waals surface area contributed by atoms with E-state index < -0.39 is 0 Å². The smallest absolute Gasteiger partial charge is 0.220 e. The molecule has 0 radical (unpaired) electrons. The van der Waals surface area contributed by atoms with Crippen molar-refractivity contribution in [3.05, 3.63) is 71.8 Å². The van der Waals surface area contributed by atoms with Crippen LogP contribution >= 0.6 is 11.8 Å². The number of carbonyl (C=O) groups excluding carboxylic acids is 1. The Bertz CT molecular complexity index is 492. The van der Waals surface area contributed by atoms with Gasteiger partial charge in [-0.2, -0.15) is 11.8 Å². The molecule has 1 N–H and O–H groups in total. The largest absolute Gasteiger partial charge is 0.356 e. The number of rotatable bonds is 9. The molecule has 2 aromatic carbocycles. The van der Waals surface area contributed by atoms with E-state index in [0.717, 1.165) is 30.9 Å². The highest BCUT2D eigenvalue weighted by molar-refractivity contribution is 7.98. The van der Waals surface area contributed by atoms with E-state index >= 15 is 0 Å². The molecule has 0 aliphatic heterocycles. The zero-order valence-corrected chi connectivity index (χ0v) is 13.6. The second-order valence-corrected chi connectivity index (χ2v) is 6.33. The molecular formula is C19H23NOS. The van der Waals surface area contributed by atoms with Crippen LogP contribution in [0.2, 0.25) is 0 Å². The van der Waals surface area contributed by atoms with E-state index in [1.807, 2.05) is 23.9 Å². The average molecular weight is 313 g/mol. The number of aryl methyl sites for hydroxylation is 1. The van der Waals surface area contributed by atoms with Gasteiger partial charge in [0.15, 0.2) is 0 Å². The van der Waals surface area contributed by atoms with Crippen LogP contribution in [0.5, 0.6) is 0 Å². The van der Waals surface area contributed by atoms with Gasteiger partial charge in [-0.05, 0) is 24.0 Å². The SMILES string of the molecule is O=C(CCSCc1ccccc1)NCCCc1ccccc1. The van der Waals surface area contributed by atoms with Gasteiger partial charge >= 0.3 is 0 Å². The molecule has 2 rings (SSSR count). The highest BCUT2D eigenvalue weighted by Gasteiger charge is 2.01. The van der Waals surface area contributed by atoms with Crippen molar-refractivity contribution in [3.8, 4) is 0 Å². The van der Waals surface area contributed by atoms with E-state index in [4.69, 9.17) is 0 Å². The van der Waals surface area contributed by atoms with Crippen molar-refractivity contribution in [2.45, 2.75) is 25.0 Å².